The molecule has 0 saturated heterocycles. The second-order valence-electron chi connectivity index (χ2n) is 30.3. The van der Waals surface area contributed by atoms with Crippen LogP contribution in [0.4, 0.5) is 34.1 Å². The summed E-state index contributed by atoms with van der Waals surface area (Å²) >= 11 is 0. The topological polar surface area (TPSA) is 42.6 Å². The van der Waals surface area contributed by atoms with Gasteiger partial charge < -0.3 is 27.8 Å². The molecule has 0 radical (unpaired) electrons. The first kappa shape index (κ1) is 51.8. The maximum absolute atomic E-state index is 10.6. The van der Waals surface area contributed by atoms with Crippen molar-refractivity contribution in [3.8, 4) is 78.1 Å². The summed E-state index contributed by atoms with van der Waals surface area (Å²) in [6, 6.07) is 90.8. The summed E-state index contributed by atoms with van der Waals surface area (Å²) in [6.45, 7) is 5.78. The lowest BCUT2D eigenvalue weighted by molar-refractivity contribution is 0.590. The Balaban J connectivity index is 0.933. The van der Waals surface area contributed by atoms with Gasteiger partial charge in [0.15, 0.2) is 0 Å². The minimum atomic E-state index is -0.798. The molecule has 0 aliphatic carbocycles. The van der Waals surface area contributed by atoms with E-state index in [0.717, 1.165) is 99.4 Å². The van der Waals surface area contributed by atoms with E-state index in [0.29, 0.717) is 67.6 Å². The Morgan fingerprint density at radius 1 is 0.301 bits per heavy atom. The number of fused-ring (bicyclic) bond motifs is 16. The van der Waals surface area contributed by atoms with Gasteiger partial charge in [-0.05, 0) is 163 Å². The number of anilines is 6. The Labute approximate surface area is 673 Å². The van der Waals surface area contributed by atoms with Crippen molar-refractivity contribution in [1.82, 2.24) is 9.13 Å². The molecule has 113 heavy (non-hydrogen) atoms. The van der Waals surface area contributed by atoms with E-state index < -0.39 is 60.5 Å². The SMILES string of the molecule is [2H]c1c([2H])c([2H])c2c(c1[2H])c1c([2H])c(-c3ccccc3)c([2H])c([2H])c1n2-c1ccc2c(c1)N(c1c(-c3ccccc3)cc(-c3ccccc3)c3oc4ccccc4c13)c1cc(C(C)(C)C)cc3c1B2c1ccc(-n2c4c([2H])c([2H])c([2H])c([2H])c4c4c([2H])c([2H])c(-c5ccccc5)c([2H])c42)cc1N3c1c(-c2ccccc2)cc(-c2ccccc2)c2oc3ccccc3c12. The number of aromatic nitrogens is 2. The molecule has 0 spiro atoms. The van der Waals surface area contributed by atoms with Crippen LogP contribution in [-0.4, -0.2) is 15.8 Å². The summed E-state index contributed by atoms with van der Waals surface area (Å²) in [5.41, 5.74) is 17.9. The third-order valence-electron chi connectivity index (χ3n) is 22.9. The van der Waals surface area contributed by atoms with Gasteiger partial charge in [0, 0.05) is 88.7 Å². The highest BCUT2D eigenvalue weighted by Crippen LogP contribution is 2.58. The number of para-hydroxylation sites is 4. The normalized spacial score (nSPS) is 14.4. The van der Waals surface area contributed by atoms with Crippen molar-refractivity contribution in [2.75, 3.05) is 9.80 Å². The van der Waals surface area contributed by atoms with Gasteiger partial charge in [0.2, 0.25) is 0 Å². The largest absolute Gasteiger partial charge is 0.455 e. The van der Waals surface area contributed by atoms with E-state index in [1.54, 1.807) is 57.7 Å². The predicted molar refractivity (Wildman–Crippen MR) is 475 cm³/mol. The molecule has 0 N–H and O–H groups in total. The van der Waals surface area contributed by atoms with Crippen LogP contribution in [0.1, 0.15) is 45.5 Å². The summed E-state index contributed by atoms with van der Waals surface area (Å²) < 4.78 is 157. The van der Waals surface area contributed by atoms with Crippen LogP contribution >= 0.6 is 0 Å². The molecule has 6 heterocycles. The quantitative estimate of drug-likeness (QED) is 0.128. The fourth-order valence-electron chi connectivity index (χ4n) is 17.8. The summed E-state index contributed by atoms with van der Waals surface area (Å²) in [5, 5.41) is 3.22. The van der Waals surface area contributed by atoms with E-state index in [9.17, 15) is 19.2 Å². The first-order valence-corrected chi connectivity index (χ1v) is 38.0. The summed E-state index contributed by atoms with van der Waals surface area (Å²) in [5.74, 6) is 0. The number of hydrogen-bond donors (Lipinski definition) is 0. The maximum atomic E-state index is 10.6. The first-order valence-electron chi connectivity index (χ1n) is 45.0. The molecule has 2 aliphatic rings. The van der Waals surface area contributed by atoms with E-state index >= 15 is 0 Å². The minimum Gasteiger partial charge on any atom is -0.455 e. The van der Waals surface area contributed by atoms with Gasteiger partial charge in [-0.3, -0.25) is 0 Å². The van der Waals surface area contributed by atoms with E-state index in [-0.39, 0.29) is 91.0 Å². The van der Waals surface area contributed by atoms with Gasteiger partial charge in [-0.25, -0.2) is 0 Å². The highest BCUT2D eigenvalue weighted by molar-refractivity contribution is 7.00. The van der Waals surface area contributed by atoms with Crippen molar-refractivity contribution in [1.29, 1.82) is 0 Å². The number of furan rings is 2. The van der Waals surface area contributed by atoms with Crippen molar-refractivity contribution >= 4 is 145 Å². The zero-order chi connectivity index (χ0) is 86.9. The molecule has 530 valence electrons. The van der Waals surface area contributed by atoms with Crippen LogP contribution in [-0.2, 0) is 5.41 Å². The average Bonchev–Trinajstić information content (AvgIpc) is 1.61. The van der Waals surface area contributed by atoms with E-state index in [1.807, 2.05) is 146 Å². The van der Waals surface area contributed by atoms with Gasteiger partial charge in [0.05, 0.1) is 63.4 Å². The van der Waals surface area contributed by atoms with Crippen LogP contribution in [0.25, 0.3) is 166 Å². The van der Waals surface area contributed by atoms with Crippen molar-refractivity contribution in [3.05, 3.63) is 381 Å². The number of nitrogens with zero attached hydrogens (tertiary/aromatic N) is 4. The molecule has 17 aromatic carbocycles. The fourth-order valence-corrected chi connectivity index (χ4v) is 17.8. The first-order chi connectivity index (χ1) is 61.6. The highest BCUT2D eigenvalue weighted by atomic mass is 16.3. The molecule has 4 aromatic heterocycles. The fraction of sp³-hybridized carbons (Fsp3) is 0.0377. The van der Waals surface area contributed by atoms with E-state index in [4.69, 9.17) is 8.83 Å². The average molecular weight is 1460 g/mol. The highest BCUT2D eigenvalue weighted by Gasteiger charge is 2.47. The standard InChI is InChI=1S/C106H71BN4O2/c1-106(2,3)74-60-95-101-96(61-74)111(103-83(69-36-16-7-17-37-69)65-85(71-40-20-9-21-41-71)105-100(103)81-45-25-29-49-98(81)113-105)94-63-76(109-89-46-26-22-42-77(89)79-54-50-73(59-92(79)109)67-32-12-5-13-33-67)53-56-88(94)107(101)87-55-52-75(108-90-47-27-23-43-78(90)86-58-72(51-57-91(86)108)66-30-10-4-11-31-66)62-93(87)110(95)102-82(68-34-14-6-15-35-68)64-84(70-38-18-8-19-39-70)104-99(102)80-44-24-28-48-97(80)112-104/h4-65H,1-3H3/i22D,23D,26D,27D,42D,43D,46D,47D,50D,51D,54D,57D,58D,59D. The zero-order valence-electron chi connectivity index (χ0n) is 75.4. The van der Waals surface area contributed by atoms with E-state index in [2.05, 4.69) is 128 Å². The van der Waals surface area contributed by atoms with Crippen LogP contribution in [0.2, 0.25) is 0 Å². The molecule has 21 aromatic rings. The summed E-state index contributed by atoms with van der Waals surface area (Å²) in [4.78, 5) is 4.69. The Kier molecular flexibility index (Phi) is 11.5. The second-order valence-corrected chi connectivity index (χ2v) is 30.3. The van der Waals surface area contributed by atoms with Crippen molar-refractivity contribution in [2.45, 2.75) is 26.2 Å². The van der Waals surface area contributed by atoms with Crippen molar-refractivity contribution < 1.29 is 28.0 Å². The molecule has 0 atom stereocenters. The zero-order valence-corrected chi connectivity index (χ0v) is 61.4. The Morgan fingerprint density at radius 3 is 1.15 bits per heavy atom. The van der Waals surface area contributed by atoms with Crippen molar-refractivity contribution in [2.24, 2.45) is 0 Å². The van der Waals surface area contributed by atoms with Gasteiger partial charge >= 0.3 is 0 Å². The Hall–Kier alpha value is -14.4. The lowest BCUT2D eigenvalue weighted by Gasteiger charge is -2.46. The molecule has 7 heteroatoms. The second kappa shape index (κ2) is 25.1. The van der Waals surface area contributed by atoms with Gasteiger partial charge in [0.1, 0.15) is 22.3 Å². The molecule has 2 aliphatic heterocycles. The molecule has 0 amide bonds. The Bertz CT molecular complexity index is 8330. The molecule has 0 unspecified atom stereocenters. The monoisotopic (exact) mass is 1460 g/mol. The molecule has 23 rings (SSSR count). The molecule has 6 nitrogen and oxygen atoms in total. The third-order valence-corrected chi connectivity index (χ3v) is 22.9. The third kappa shape index (κ3) is 9.94. The van der Waals surface area contributed by atoms with Crippen LogP contribution in [0.5, 0.6) is 0 Å². The molecular weight excluding hydrogens is 1370 g/mol. The number of benzene rings is 17. The minimum absolute atomic E-state index is 0.00179. The van der Waals surface area contributed by atoms with Crippen LogP contribution in [0, 0.1) is 0 Å². The van der Waals surface area contributed by atoms with E-state index in [1.165, 1.54) is 0 Å². The van der Waals surface area contributed by atoms with Gasteiger partial charge in [-0.15, -0.1) is 0 Å². The summed E-state index contributed by atoms with van der Waals surface area (Å²) in [7, 11) is 0. The molecular formula is C106H71BN4O2. The molecule has 0 fully saturated rings. The van der Waals surface area contributed by atoms with Gasteiger partial charge in [-0.2, -0.15) is 0 Å². The van der Waals surface area contributed by atoms with Crippen LogP contribution in [0.15, 0.2) is 385 Å². The van der Waals surface area contributed by atoms with Crippen LogP contribution in [0.3, 0.4) is 0 Å². The summed E-state index contributed by atoms with van der Waals surface area (Å²) in [6.07, 6.45) is 0. The number of hydrogen-bond acceptors (Lipinski definition) is 4. The van der Waals surface area contributed by atoms with Crippen molar-refractivity contribution in [3.63, 3.8) is 0 Å². The van der Waals surface area contributed by atoms with Gasteiger partial charge in [0.25, 0.3) is 6.71 Å². The van der Waals surface area contributed by atoms with Gasteiger partial charge in [-0.1, -0.05) is 306 Å². The Morgan fingerprint density at radius 2 is 0.681 bits per heavy atom. The molecule has 0 bridgehead atoms. The van der Waals surface area contributed by atoms with Crippen LogP contribution < -0.4 is 26.2 Å². The molecule has 0 saturated carbocycles. The number of rotatable bonds is 10. The lowest BCUT2D eigenvalue weighted by atomic mass is 9.33. The maximum Gasteiger partial charge on any atom is 0.252 e. The smallest absolute Gasteiger partial charge is 0.252 e. The predicted octanol–water partition coefficient (Wildman–Crippen LogP) is 27.1. The lowest BCUT2D eigenvalue weighted by Crippen LogP contribution is -2.61.